The molecule has 1 aromatic rings. The Bertz CT molecular complexity index is 284. The first-order valence-electron chi connectivity index (χ1n) is 3.79. The first kappa shape index (κ1) is 9.86. The van der Waals surface area contributed by atoms with E-state index in [1.165, 1.54) is 6.92 Å². The van der Waals surface area contributed by atoms with Gasteiger partial charge in [0.15, 0.2) is 6.07 Å². The maximum atomic E-state index is 10.7. The Morgan fingerprint density at radius 3 is 2.54 bits per heavy atom. The van der Waals surface area contributed by atoms with Gasteiger partial charge in [0, 0.05) is 12.6 Å². The standard InChI is InChI=1S/C9H10ClNO2/c1-7(12)11-8-2-4-9(5-3-8)13-6-10/h2-5H,6H2,1H3,(H,11,12). The van der Waals surface area contributed by atoms with Crippen molar-refractivity contribution >= 4 is 23.2 Å². The highest BCUT2D eigenvalue weighted by molar-refractivity contribution is 6.17. The van der Waals surface area contributed by atoms with E-state index in [1.807, 2.05) is 0 Å². The normalized spacial score (nSPS) is 9.38. The number of alkyl halides is 1. The van der Waals surface area contributed by atoms with Gasteiger partial charge in [-0.1, -0.05) is 11.6 Å². The van der Waals surface area contributed by atoms with E-state index in [9.17, 15) is 4.79 Å². The fourth-order valence-electron chi connectivity index (χ4n) is 0.901. The highest BCUT2D eigenvalue weighted by atomic mass is 35.5. The summed E-state index contributed by atoms with van der Waals surface area (Å²) < 4.78 is 5.02. The molecule has 1 N–H and O–H groups in total. The van der Waals surface area contributed by atoms with E-state index in [0.717, 1.165) is 5.69 Å². The van der Waals surface area contributed by atoms with Crippen molar-refractivity contribution < 1.29 is 9.53 Å². The molecule has 0 radical (unpaired) electrons. The number of carbonyl (C=O) groups is 1. The van der Waals surface area contributed by atoms with E-state index in [1.54, 1.807) is 24.3 Å². The van der Waals surface area contributed by atoms with E-state index in [0.29, 0.717) is 5.75 Å². The van der Waals surface area contributed by atoms with Crippen LogP contribution in [0.2, 0.25) is 0 Å². The summed E-state index contributed by atoms with van der Waals surface area (Å²) in [6.07, 6.45) is 0. The molecule has 0 saturated carbocycles. The van der Waals surface area contributed by atoms with Crippen molar-refractivity contribution in [3.8, 4) is 5.75 Å². The number of anilines is 1. The van der Waals surface area contributed by atoms with Gasteiger partial charge in [0.1, 0.15) is 5.75 Å². The molecule has 0 aliphatic rings. The van der Waals surface area contributed by atoms with E-state index in [2.05, 4.69) is 5.32 Å². The van der Waals surface area contributed by atoms with Crippen LogP contribution in [-0.4, -0.2) is 12.0 Å². The van der Waals surface area contributed by atoms with Crippen molar-refractivity contribution in [1.82, 2.24) is 0 Å². The van der Waals surface area contributed by atoms with Gasteiger partial charge in [-0.25, -0.2) is 0 Å². The van der Waals surface area contributed by atoms with Crippen molar-refractivity contribution in [3.05, 3.63) is 24.3 Å². The van der Waals surface area contributed by atoms with Crippen LogP contribution in [0.3, 0.4) is 0 Å². The van der Waals surface area contributed by atoms with Gasteiger partial charge < -0.3 is 10.1 Å². The maximum Gasteiger partial charge on any atom is 0.221 e. The average molecular weight is 200 g/mol. The summed E-state index contributed by atoms with van der Waals surface area (Å²) in [5, 5.41) is 2.65. The summed E-state index contributed by atoms with van der Waals surface area (Å²) >= 11 is 5.37. The molecule has 0 aromatic heterocycles. The minimum absolute atomic E-state index is 0.0917. The van der Waals surface area contributed by atoms with E-state index in [-0.39, 0.29) is 12.0 Å². The lowest BCUT2D eigenvalue weighted by atomic mass is 10.3. The van der Waals surface area contributed by atoms with Gasteiger partial charge in [0.25, 0.3) is 0 Å². The van der Waals surface area contributed by atoms with Gasteiger partial charge in [-0.3, -0.25) is 4.79 Å². The molecule has 13 heavy (non-hydrogen) atoms. The number of nitrogens with one attached hydrogen (secondary N) is 1. The molecule has 0 spiro atoms. The Morgan fingerprint density at radius 2 is 2.08 bits per heavy atom. The average Bonchev–Trinajstić information content (AvgIpc) is 2.08. The molecule has 0 atom stereocenters. The van der Waals surface area contributed by atoms with Crippen LogP contribution in [0, 0.1) is 0 Å². The van der Waals surface area contributed by atoms with Gasteiger partial charge in [-0.2, -0.15) is 0 Å². The van der Waals surface area contributed by atoms with Crippen LogP contribution in [0.25, 0.3) is 0 Å². The molecule has 0 bridgehead atoms. The Labute approximate surface area is 81.7 Å². The number of amides is 1. The quantitative estimate of drug-likeness (QED) is 0.759. The summed E-state index contributed by atoms with van der Waals surface area (Å²) in [5.41, 5.74) is 0.745. The van der Waals surface area contributed by atoms with Crippen molar-refractivity contribution in [1.29, 1.82) is 0 Å². The molecule has 70 valence electrons. The predicted molar refractivity (Wildman–Crippen MR) is 52.1 cm³/mol. The van der Waals surface area contributed by atoms with Crippen LogP contribution in [-0.2, 0) is 4.79 Å². The van der Waals surface area contributed by atoms with Crippen LogP contribution in [0.1, 0.15) is 6.92 Å². The third-order valence-electron chi connectivity index (χ3n) is 1.40. The second-order valence-corrected chi connectivity index (χ2v) is 2.68. The maximum absolute atomic E-state index is 10.7. The summed E-state index contributed by atoms with van der Waals surface area (Å²) in [5.74, 6) is 0.593. The van der Waals surface area contributed by atoms with E-state index in [4.69, 9.17) is 16.3 Å². The fraction of sp³-hybridized carbons (Fsp3) is 0.222. The molecule has 4 heteroatoms. The summed E-state index contributed by atoms with van der Waals surface area (Å²) in [6, 6.07) is 7.12. The largest absolute Gasteiger partial charge is 0.478 e. The first-order chi connectivity index (χ1) is 6.22. The van der Waals surface area contributed by atoms with Gasteiger partial charge in [0.05, 0.1) is 0 Å². The number of benzene rings is 1. The fourth-order valence-corrected chi connectivity index (χ4v) is 1.03. The first-order valence-corrected chi connectivity index (χ1v) is 4.32. The Hall–Kier alpha value is -1.22. The smallest absolute Gasteiger partial charge is 0.221 e. The summed E-state index contributed by atoms with van der Waals surface area (Å²) in [4.78, 5) is 10.7. The Balaban J connectivity index is 2.64. The van der Waals surface area contributed by atoms with Gasteiger partial charge in [-0.05, 0) is 24.3 Å². The number of hydrogen-bond donors (Lipinski definition) is 1. The van der Waals surface area contributed by atoms with Gasteiger partial charge in [-0.15, -0.1) is 0 Å². The third-order valence-corrected chi connectivity index (χ3v) is 1.51. The second-order valence-electron chi connectivity index (χ2n) is 2.46. The van der Waals surface area contributed by atoms with Crippen LogP contribution >= 0.6 is 11.6 Å². The van der Waals surface area contributed by atoms with Crippen molar-refractivity contribution in [2.75, 3.05) is 11.4 Å². The minimum atomic E-state index is -0.0917. The number of ether oxygens (including phenoxy) is 1. The number of halogens is 1. The van der Waals surface area contributed by atoms with Crippen LogP contribution in [0.15, 0.2) is 24.3 Å². The molecule has 0 unspecified atom stereocenters. The lowest BCUT2D eigenvalue weighted by molar-refractivity contribution is -0.114. The zero-order valence-corrected chi connectivity index (χ0v) is 7.97. The summed E-state index contributed by atoms with van der Waals surface area (Å²) in [7, 11) is 0. The molecule has 1 aromatic carbocycles. The molecule has 0 aliphatic heterocycles. The zero-order chi connectivity index (χ0) is 9.68. The van der Waals surface area contributed by atoms with Crippen molar-refractivity contribution in [2.45, 2.75) is 6.92 Å². The molecule has 0 aliphatic carbocycles. The van der Waals surface area contributed by atoms with Crippen LogP contribution in [0.4, 0.5) is 5.69 Å². The molecule has 1 rings (SSSR count). The lowest BCUT2D eigenvalue weighted by Crippen LogP contribution is -2.05. The van der Waals surface area contributed by atoms with Gasteiger partial charge in [0.2, 0.25) is 5.91 Å². The van der Waals surface area contributed by atoms with E-state index < -0.39 is 0 Å². The predicted octanol–water partition coefficient (Wildman–Crippen LogP) is 2.22. The Kier molecular flexibility index (Phi) is 3.58. The number of hydrogen-bond acceptors (Lipinski definition) is 2. The van der Waals surface area contributed by atoms with Crippen LogP contribution < -0.4 is 10.1 Å². The number of carbonyl (C=O) groups excluding carboxylic acids is 1. The molecule has 1 amide bonds. The number of rotatable bonds is 3. The highest BCUT2D eigenvalue weighted by Gasteiger charge is 1.95. The van der Waals surface area contributed by atoms with Gasteiger partial charge >= 0.3 is 0 Å². The molecule has 0 heterocycles. The molecular weight excluding hydrogens is 190 g/mol. The topological polar surface area (TPSA) is 38.3 Å². The SMILES string of the molecule is CC(=O)Nc1ccc(OCCl)cc1. The Morgan fingerprint density at radius 1 is 1.46 bits per heavy atom. The molecule has 0 fully saturated rings. The molecule has 3 nitrogen and oxygen atoms in total. The monoisotopic (exact) mass is 199 g/mol. The zero-order valence-electron chi connectivity index (χ0n) is 7.21. The third kappa shape index (κ3) is 3.34. The van der Waals surface area contributed by atoms with Crippen molar-refractivity contribution in [2.24, 2.45) is 0 Å². The molecule has 0 saturated heterocycles. The lowest BCUT2D eigenvalue weighted by Gasteiger charge is -2.04. The second kappa shape index (κ2) is 4.72. The minimum Gasteiger partial charge on any atom is -0.478 e. The highest BCUT2D eigenvalue weighted by Crippen LogP contribution is 2.15. The molecular formula is C9H10ClNO2. The van der Waals surface area contributed by atoms with E-state index >= 15 is 0 Å². The van der Waals surface area contributed by atoms with Crippen molar-refractivity contribution in [3.63, 3.8) is 0 Å². The van der Waals surface area contributed by atoms with Crippen LogP contribution in [0.5, 0.6) is 5.75 Å². The summed E-state index contributed by atoms with van der Waals surface area (Å²) in [6.45, 7) is 1.46.